The van der Waals surface area contributed by atoms with Gasteiger partial charge in [0.15, 0.2) is 0 Å². The molecule has 1 aromatic rings. The van der Waals surface area contributed by atoms with E-state index in [-0.39, 0.29) is 22.2 Å². The van der Waals surface area contributed by atoms with Crippen LogP contribution in [0.3, 0.4) is 0 Å². The maximum atomic E-state index is 12.0. The summed E-state index contributed by atoms with van der Waals surface area (Å²) in [6.07, 6.45) is 0. The molecule has 8 heteroatoms. The van der Waals surface area contributed by atoms with Gasteiger partial charge in [-0.2, -0.15) is 13.2 Å². The van der Waals surface area contributed by atoms with Gasteiger partial charge in [0.25, 0.3) is 3.79 Å². The normalized spacial score (nSPS) is 12.6. The van der Waals surface area contributed by atoms with Gasteiger partial charge in [-0.25, -0.2) is 0 Å². The van der Waals surface area contributed by atoms with Crippen LogP contribution in [0.2, 0.25) is 0 Å². The smallest absolute Gasteiger partial charge is 0.289 e. The highest BCUT2D eigenvalue weighted by molar-refractivity contribution is 8.00. The first kappa shape index (κ1) is 15.0. The van der Waals surface area contributed by atoms with Crippen molar-refractivity contribution in [3.05, 3.63) is 29.8 Å². The minimum absolute atomic E-state index is 0.0384. The van der Waals surface area contributed by atoms with Gasteiger partial charge < -0.3 is 0 Å². The van der Waals surface area contributed by atoms with Crippen molar-refractivity contribution >= 4 is 52.3 Å². The Morgan fingerprint density at radius 2 is 1.53 bits per heavy atom. The second-order valence-corrected chi connectivity index (χ2v) is 6.32. The van der Waals surface area contributed by atoms with Gasteiger partial charge >= 0.3 is 5.51 Å². The molecule has 1 rings (SSSR count). The number of ketones is 1. The van der Waals surface area contributed by atoms with Crippen LogP contribution in [-0.4, -0.2) is 15.1 Å². The number of benzene rings is 1. The first-order valence-corrected chi connectivity index (χ1v) is 6.02. The number of halogens is 6. The molecular weight excluding hydrogens is 320 g/mol. The molecule has 0 saturated carbocycles. The highest BCUT2D eigenvalue weighted by Gasteiger charge is 2.32. The number of thioether (sulfide) groups is 1. The largest absolute Gasteiger partial charge is 0.446 e. The number of hydrogen-bond donors (Lipinski definition) is 0. The minimum Gasteiger partial charge on any atom is -0.289 e. The Bertz CT molecular complexity index is 411. The molecule has 0 fully saturated rings. The molecule has 0 heterocycles. The number of rotatable bonds is 2. The van der Waals surface area contributed by atoms with Crippen LogP contribution in [0, 0.1) is 0 Å². The zero-order valence-corrected chi connectivity index (χ0v) is 11.0. The highest BCUT2D eigenvalue weighted by atomic mass is 35.6. The standard InChI is InChI=1S/C9H4Cl3F3OS/c10-8(11,12)7(16)5-1-3-6(4-2-5)17-9(13,14)15/h1-4H. The lowest BCUT2D eigenvalue weighted by Gasteiger charge is -2.10. The highest BCUT2D eigenvalue weighted by Crippen LogP contribution is 2.37. The third-order valence-electron chi connectivity index (χ3n) is 1.61. The summed E-state index contributed by atoms with van der Waals surface area (Å²) in [4.78, 5) is 11.4. The monoisotopic (exact) mass is 322 g/mol. The van der Waals surface area contributed by atoms with Crippen molar-refractivity contribution in [2.75, 3.05) is 0 Å². The zero-order chi connectivity index (χ0) is 13.3. The fourth-order valence-corrected chi connectivity index (χ4v) is 1.84. The van der Waals surface area contributed by atoms with Crippen LogP contribution < -0.4 is 0 Å². The number of Topliss-reactive ketones (excluding diaryl/α,β-unsaturated/α-hetero) is 1. The van der Waals surface area contributed by atoms with Crippen LogP contribution in [0.4, 0.5) is 13.2 Å². The lowest BCUT2D eigenvalue weighted by Crippen LogP contribution is -2.18. The number of alkyl halides is 6. The van der Waals surface area contributed by atoms with Crippen molar-refractivity contribution < 1.29 is 18.0 Å². The topological polar surface area (TPSA) is 17.1 Å². The van der Waals surface area contributed by atoms with E-state index in [0.29, 0.717) is 0 Å². The molecule has 17 heavy (non-hydrogen) atoms. The molecule has 0 bridgehead atoms. The Hall–Kier alpha value is -0.100. The lowest BCUT2D eigenvalue weighted by atomic mass is 10.1. The predicted molar refractivity (Wildman–Crippen MR) is 63.0 cm³/mol. The third-order valence-corrected chi connectivity index (χ3v) is 2.86. The molecule has 0 aliphatic carbocycles. The summed E-state index contributed by atoms with van der Waals surface area (Å²) >= 11 is 15.8. The fraction of sp³-hybridized carbons (Fsp3) is 0.222. The van der Waals surface area contributed by atoms with Crippen molar-refractivity contribution in [3.8, 4) is 0 Å². The van der Waals surface area contributed by atoms with Gasteiger partial charge in [-0.15, -0.1) is 0 Å². The molecule has 0 saturated heterocycles. The molecule has 0 unspecified atom stereocenters. The molecular formula is C9H4Cl3F3OS. The van der Waals surface area contributed by atoms with Gasteiger partial charge in [-0.1, -0.05) is 46.9 Å². The number of carbonyl (C=O) groups is 1. The second kappa shape index (κ2) is 5.26. The molecule has 0 amide bonds. The van der Waals surface area contributed by atoms with E-state index in [0.717, 1.165) is 12.1 Å². The number of hydrogen-bond acceptors (Lipinski definition) is 2. The van der Waals surface area contributed by atoms with E-state index in [1.807, 2.05) is 0 Å². The summed E-state index contributed by atoms with van der Waals surface area (Å²) in [5.74, 6) is -0.786. The molecule has 1 aromatic carbocycles. The van der Waals surface area contributed by atoms with Gasteiger partial charge in [0.05, 0.1) is 0 Å². The molecule has 0 spiro atoms. The summed E-state index contributed by atoms with van der Waals surface area (Å²) in [5.41, 5.74) is -4.34. The Kier molecular flexibility index (Phi) is 4.63. The van der Waals surface area contributed by atoms with E-state index < -0.39 is 15.1 Å². The molecule has 0 aliphatic rings. The van der Waals surface area contributed by atoms with E-state index in [4.69, 9.17) is 34.8 Å². The average Bonchev–Trinajstić information content (AvgIpc) is 2.14. The quantitative estimate of drug-likeness (QED) is 0.439. The van der Waals surface area contributed by atoms with Gasteiger partial charge in [0, 0.05) is 10.5 Å². The zero-order valence-electron chi connectivity index (χ0n) is 7.89. The number of carbonyl (C=O) groups excluding carboxylic acids is 1. The van der Waals surface area contributed by atoms with Crippen LogP contribution in [-0.2, 0) is 0 Å². The molecule has 1 nitrogen and oxygen atoms in total. The first-order valence-electron chi connectivity index (χ1n) is 4.07. The van der Waals surface area contributed by atoms with Gasteiger partial charge in [0.2, 0.25) is 5.78 Å². The van der Waals surface area contributed by atoms with Crippen LogP contribution in [0.15, 0.2) is 29.2 Å². The van der Waals surface area contributed by atoms with Crippen molar-refractivity contribution in [3.63, 3.8) is 0 Å². The molecule has 0 aromatic heterocycles. The van der Waals surface area contributed by atoms with Crippen LogP contribution in [0.25, 0.3) is 0 Å². The van der Waals surface area contributed by atoms with E-state index in [1.54, 1.807) is 0 Å². The maximum absolute atomic E-state index is 12.0. The van der Waals surface area contributed by atoms with E-state index in [9.17, 15) is 18.0 Å². The van der Waals surface area contributed by atoms with Gasteiger partial charge in [0.1, 0.15) is 0 Å². The molecule has 0 aliphatic heterocycles. The predicted octanol–water partition coefficient (Wildman–Crippen LogP) is 4.85. The molecule has 94 valence electrons. The molecule has 0 radical (unpaired) electrons. The second-order valence-electron chi connectivity index (χ2n) is 2.90. The minimum atomic E-state index is -4.37. The van der Waals surface area contributed by atoms with E-state index in [1.165, 1.54) is 12.1 Å². The SMILES string of the molecule is O=C(c1ccc(SC(F)(F)F)cc1)C(Cl)(Cl)Cl. The fourth-order valence-electron chi connectivity index (χ4n) is 0.972. The summed E-state index contributed by atoms with van der Waals surface area (Å²) in [6.45, 7) is 0. The molecule has 0 atom stereocenters. The summed E-state index contributed by atoms with van der Waals surface area (Å²) in [6, 6.07) is 4.64. The van der Waals surface area contributed by atoms with Crippen molar-refractivity contribution in [1.29, 1.82) is 0 Å². The average molecular weight is 324 g/mol. The first-order chi connectivity index (χ1) is 7.59. The summed E-state index contributed by atoms with van der Waals surface area (Å²) in [7, 11) is 0. The Morgan fingerprint density at radius 1 is 1.06 bits per heavy atom. The van der Waals surface area contributed by atoms with E-state index in [2.05, 4.69) is 0 Å². The lowest BCUT2D eigenvalue weighted by molar-refractivity contribution is -0.0328. The van der Waals surface area contributed by atoms with Crippen molar-refractivity contribution in [2.24, 2.45) is 0 Å². The maximum Gasteiger partial charge on any atom is 0.446 e. The summed E-state index contributed by atoms with van der Waals surface area (Å²) < 4.78 is 34.0. The Balaban J connectivity index is 2.86. The van der Waals surface area contributed by atoms with Crippen LogP contribution in [0.1, 0.15) is 10.4 Å². The van der Waals surface area contributed by atoms with Crippen LogP contribution >= 0.6 is 46.6 Å². The summed E-state index contributed by atoms with van der Waals surface area (Å²) in [5, 5.41) is 0. The third kappa shape index (κ3) is 4.95. The Morgan fingerprint density at radius 3 is 1.88 bits per heavy atom. The van der Waals surface area contributed by atoms with Crippen molar-refractivity contribution in [1.82, 2.24) is 0 Å². The van der Waals surface area contributed by atoms with Gasteiger partial charge in [-0.3, -0.25) is 4.79 Å². The van der Waals surface area contributed by atoms with E-state index >= 15 is 0 Å². The van der Waals surface area contributed by atoms with Crippen molar-refractivity contribution in [2.45, 2.75) is 14.2 Å². The Labute approximate surface area is 114 Å². The molecule has 0 N–H and O–H groups in total. The van der Waals surface area contributed by atoms with Crippen LogP contribution in [0.5, 0.6) is 0 Å². The van der Waals surface area contributed by atoms with Gasteiger partial charge in [-0.05, 0) is 23.9 Å².